The second kappa shape index (κ2) is 7.01. The summed E-state index contributed by atoms with van der Waals surface area (Å²) < 4.78 is 12.9. The Hall–Kier alpha value is -2.32. The zero-order valence-corrected chi connectivity index (χ0v) is 15.2. The highest BCUT2D eigenvalue weighted by molar-refractivity contribution is 5.47. The van der Waals surface area contributed by atoms with Crippen molar-refractivity contribution in [2.24, 2.45) is 0 Å². The summed E-state index contributed by atoms with van der Waals surface area (Å²) in [5.41, 5.74) is 4.14. The number of aromatic nitrogens is 4. The molecule has 27 heavy (non-hydrogen) atoms. The Kier molecular flexibility index (Phi) is 4.37. The monoisotopic (exact) mass is 369 g/mol. The Bertz CT molecular complexity index is 913. The number of nitrogens with one attached hydrogen (secondary N) is 1. The van der Waals surface area contributed by atoms with Crippen molar-refractivity contribution in [1.29, 1.82) is 0 Å². The molecule has 8 heteroatoms. The van der Waals surface area contributed by atoms with E-state index in [0.717, 1.165) is 60.4 Å². The van der Waals surface area contributed by atoms with Gasteiger partial charge < -0.3 is 14.8 Å². The van der Waals surface area contributed by atoms with E-state index in [0.29, 0.717) is 26.4 Å². The normalized spacial score (nSPS) is 24.3. The number of anilines is 1. The van der Waals surface area contributed by atoms with E-state index in [1.54, 1.807) is 17.1 Å². The molecule has 142 valence electrons. The van der Waals surface area contributed by atoms with Crippen molar-refractivity contribution in [2.45, 2.75) is 50.8 Å². The van der Waals surface area contributed by atoms with Crippen molar-refractivity contribution in [3.8, 4) is 0 Å². The minimum atomic E-state index is -0.153. The first-order valence-electron chi connectivity index (χ1n) is 9.66. The van der Waals surface area contributed by atoms with E-state index in [-0.39, 0.29) is 17.6 Å². The molecule has 1 fully saturated rings. The first-order valence-corrected chi connectivity index (χ1v) is 9.66. The number of aryl methyl sites for hydroxylation is 2. The average molecular weight is 369 g/mol. The van der Waals surface area contributed by atoms with Gasteiger partial charge in [0.2, 0.25) is 0 Å². The van der Waals surface area contributed by atoms with Crippen molar-refractivity contribution >= 4 is 5.82 Å². The molecule has 1 aliphatic carbocycles. The Morgan fingerprint density at radius 2 is 2.00 bits per heavy atom. The molecule has 8 nitrogen and oxygen atoms in total. The molecule has 1 saturated heterocycles. The number of fused-ring (bicyclic) bond motifs is 2. The fourth-order valence-corrected chi connectivity index (χ4v) is 4.20. The van der Waals surface area contributed by atoms with Crippen LogP contribution in [0, 0.1) is 0 Å². The van der Waals surface area contributed by atoms with Crippen molar-refractivity contribution in [2.75, 3.05) is 25.1 Å². The number of rotatable bonds is 3. The quantitative estimate of drug-likeness (QED) is 0.864. The predicted octanol–water partition coefficient (Wildman–Crippen LogP) is 1.04. The second-order valence-electron chi connectivity index (χ2n) is 7.41. The lowest BCUT2D eigenvalue weighted by molar-refractivity contribution is 0.109. The third kappa shape index (κ3) is 3.12. The summed E-state index contributed by atoms with van der Waals surface area (Å²) in [7, 11) is 0. The highest BCUT2D eigenvalue weighted by Gasteiger charge is 2.33. The van der Waals surface area contributed by atoms with Crippen LogP contribution in [0.4, 0.5) is 5.82 Å². The summed E-state index contributed by atoms with van der Waals surface area (Å²) in [6.45, 7) is 2.17. The van der Waals surface area contributed by atoms with Gasteiger partial charge in [-0.2, -0.15) is 5.10 Å². The molecule has 2 aromatic rings. The molecule has 0 aromatic carbocycles. The van der Waals surface area contributed by atoms with Crippen LogP contribution in [0.3, 0.4) is 0 Å². The molecule has 2 aromatic heterocycles. The van der Waals surface area contributed by atoms with Gasteiger partial charge in [-0.1, -0.05) is 0 Å². The van der Waals surface area contributed by atoms with Crippen LogP contribution in [0.15, 0.2) is 17.2 Å². The highest BCUT2D eigenvalue weighted by atomic mass is 16.5. The van der Waals surface area contributed by atoms with Crippen molar-refractivity contribution < 1.29 is 9.47 Å². The fraction of sp³-hybridized carbons (Fsp3) is 0.579. The maximum Gasteiger partial charge on any atom is 0.267 e. The van der Waals surface area contributed by atoms with Gasteiger partial charge in [-0.15, -0.1) is 0 Å². The molecule has 2 aliphatic heterocycles. The predicted molar refractivity (Wildman–Crippen MR) is 97.8 cm³/mol. The SMILES string of the molecule is O=c1cc2c(nn1C1COCC1Nc1ncnc3c1COCC3)CCCC2. The number of hydrogen-bond acceptors (Lipinski definition) is 7. The van der Waals surface area contributed by atoms with E-state index in [1.807, 2.05) is 0 Å². The molecule has 2 unspecified atom stereocenters. The molecule has 0 spiro atoms. The minimum Gasteiger partial charge on any atom is -0.377 e. The first-order chi connectivity index (χ1) is 13.3. The molecule has 1 N–H and O–H groups in total. The van der Waals surface area contributed by atoms with Crippen LogP contribution in [-0.2, 0) is 35.3 Å². The highest BCUT2D eigenvalue weighted by Crippen LogP contribution is 2.26. The summed E-state index contributed by atoms with van der Waals surface area (Å²) in [6, 6.07) is 1.54. The van der Waals surface area contributed by atoms with Gasteiger partial charge in [-0.3, -0.25) is 4.79 Å². The fourth-order valence-electron chi connectivity index (χ4n) is 4.20. The molecular formula is C19H23N5O3. The summed E-state index contributed by atoms with van der Waals surface area (Å²) in [6.07, 6.45) is 6.54. The Morgan fingerprint density at radius 3 is 2.96 bits per heavy atom. The van der Waals surface area contributed by atoms with Crippen molar-refractivity contribution in [3.05, 3.63) is 45.3 Å². The summed E-state index contributed by atoms with van der Waals surface area (Å²) in [5.74, 6) is 0.770. The Balaban J connectivity index is 1.44. The molecule has 0 bridgehead atoms. The lowest BCUT2D eigenvalue weighted by Crippen LogP contribution is -2.38. The average Bonchev–Trinajstić information content (AvgIpc) is 3.15. The number of nitrogens with zero attached hydrogens (tertiary/aromatic N) is 4. The maximum absolute atomic E-state index is 12.7. The first kappa shape index (κ1) is 16.8. The van der Waals surface area contributed by atoms with Crippen LogP contribution in [-0.4, -0.2) is 45.6 Å². The van der Waals surface area contributed by atoms with E-state index in [9.17, 15) is 4.79 Å². The van der Waals surface area contributed by atoms with Crippen LogP contribution in [0.1, 0.15) is 41.4 Å². The van der Waals surface area contributed by atoms with Crippen LogP contribution < -0.4 is 10.9 Å². The lowest BCUT2D eigenvalue weighted by Gasteiger charge is -2.25. The molecule has 3 aliphatic rings. The minimum absolute atomic E-state index is 0.0500. The number of hydrogen-bond donors (Lipinski definition) is 1. The van der Waals surface area contributed by atoms with Gasteiger partial charge in [-0.05, 0) is 31.2 Å². The molecule has 4 heterocycles. The largest absolute Gasteiger partial charge is 0.377 e. The van der Waals surface area contributed by atoms with Gasteiger partial charge in [0.05, 0.1) is 43.9 Å². The number of ether oxygens (including phenoxy) is 2. The Labute approximate surface area is 156 Å². The van der Waals surface area contributed by atoms with Crippen LogP contribution in [0.2, 0.25) is 0 Å². The molecule has 5 rings (SSSR count). The van der Waals surface area contributed by atoms with Gasteiger partial charge in [0.1, 0.15) is 18.2 Å². The molecular weight excluding hydrogens is 346 g/mol. The standard InChI is InChI=1S/C19H23N5O3/c25-18-7-12-3-1-2-4-14(12)23-24(18)17-10-27-9-16(17)22-19-13-8-26-6-5-15(13)20-11-21-19/h7,11,16-17H,1-6,8-10H2,(H,20,21,22). The zero-order valence-electron chi connectivity index (χ0n) is 15.2. The topological polar surface area (TPSA) is 91.2 Å². The molecule has 0 amide bonds. The van der Waals surface area contributed by atoms with Gasteiger partial charge in [0.25, 0.3) is 5.56 Å². The van der Waals surface area contributed by atoms with Crippen LogP contribution in [0.25, 0.3) is 0 Å². The van der Waals surface area contributed by atoms with E-state index >= 15 is 0 Å². The van der Waals surface area contributed by atoms with Gasteiger partial charge >= 0.3 is 0 Å². The second-order valence-corrected chi connectivity index (χ2v) is 7.41. The van der Waals surface area contributed by atoms with Crippen LogP contribution in [0.5, 0.6) is 0 Å². The van der Waals surface area contributed by atoms with Crippen LogP contribution >= 0.6 is 0 Å². The van der Waals surface area contributed by atoms with Gasteiger partial charge in [-0.25, -0.2) is 14.6 Å². The van der Waals surface area contributed by atoms with Gasteiger partial charge in [0.15, 0.2) is 0 Å². The zero-order chi connectivity index (χ0) is 18.2. The Morgan fingerprint density at radius 1 is 1.07 bits per heavy atom. The van der Waals surface area contributed by atoms with E-state index in [4.69, 9.17) is 14.6 Å². The summed E-state index contributed by atoms with van der Waals surface area (Å²) in [4.78, 5) is 21.5. The van der Waals surface area contributed by atoms with E-state index in [2.05, 4.69) is 15.3 Å². The van der Waals surface area contributed by atoms with Gasteiger partial charge in [0, 0.05) is 18.1 Å². The molecule has 2 atom stereocenters. The van der Waals surface area contributed by atoms with Crippen molar-refractivity contribution in [3.63, 3.8) is 0 Å². The van der Waals surface area contributed by atoms with Crippen molar-refractivity contribution in [1.82, 2.24) is 19.7 Å². The third-order valence-electron chi connectivity index (χ3n) is 5.68. The molecule has 0 saturated carbocycles. The van der Waals surface area contributed by atoms with E-state index < -0.39 is 0 Å². The third-order valence-corrected chi connectivity index (χ3v) is 5.68. The lowest BCUT2D eigenvalue weighted by atomic mass is 9.97. The molecule has 0 radical (unpaired) electrons. The summed E-state index contributed by atoms with van der Waals surface area (Å²) in [5, 5.41) is 8.17. The maximum atomic E-state index is 12.7. The van der Waals surface area contributed by atoms with E-state index in [1.165, 1.54) is 0 Å². The smallest absolute Gasteiger partial charge is 0.267 e. The summed E-state index contributed by atoms with van der Waals surface area (Å²) >= 11 is 0.